The third kappa shape index (κ3) is 3.90. The zero-order valence-corrected chi connectivity index (χ0v) is 11.7. The molecule has 0 fully saturated rings. The van der Waals surface area contributed by atoms with Gasteiger partial charge in [-0.15, -0.1) is 0 Å². The molecule has 0 saturated heterocycles. The lowest BCUT2D eigenvalue weighted by Gasteiger charge is -2.04. The summed E-state index contributed by atoms with van der Waals surface area (Å²) >= 11 is 0. The van der Waals surface area contributed by atoms with Crippen molar-refractivity contribution in [1.82, 2.24) is 20.1 Å². The summed E-state index contributed by atoms with van der Waals surface area (Å²) in [5, 5.41) is 16.4. The molecule has 2 aromatic rings. The molecule has 2 aromatic heterocycles. The fourth-order valence-electron chi connectivity index (χ4n) is 2.10. The lowest BCUT2D eigenvalue weighted by Crippen LogP contribution is -2.14. The van der Waals surface area contributed by atoms with Gasteiger partial charge in [0.25, 0.3) is 0 Å². The number of aromatic nitrogens is 3. The average molecular weight is 269 g/mol. The van der Waals surface area contributed by atoms with Crippen LogP contribution in [-0.2, 0) is 13.6 Å². The predicted octanol–water partition coefficient (Wildman–Crippen LogP) is 2.27. The van der Waals surface area contributed by atoms with Gasteiger partial charge >= 0.3 is 0 Å². The maximum atomic E-state index is 8.48. The molecule has 104 valence electrons. The Hall–Kier alpha value is -2.19. The minimum atomic E-state index is 0.636. The van der Waals surface area contributed by atoms with Gasteiger partial charge in [-0.25, -0.2) is 0 Å². The van der Waals surface area contributed by atoms with Crippen LogP contribution in [0.2, 0.25) is 0 Å². The summed E-state index contributed by atoms with van der Waals surface area (Å²) in [6, 6.07) is 6.11. The van der Waals surface area contributed by atoms with Crippen molar-refractivity contribution in [3.8, 4) is 17.3 Å². The molecule has 0 atom stereocenters. The number of rotatable bonds is 7. The second-order valence-electron chi connectivity index (χ2n) is 4.70. The number of pyridine rings is 1. The molecule has 5 heteroatoms. The highest BCUT2D eigenvalue weighted by atomic mass is 15.3. The van der Waals surface area contributed by atoms with Gasteiger partial charge in [-0.2, -0.15) is 10.4 Å². The Balaban J connectivity index is 1.94. The van der Waals surface area contributed by atoms with Gasteiger partial charge in [0.15, 0.2) is 0 Å². The summed E-state index contributed by atoms with van der Waals surface area (Å²) in [6.45, 7) is 1.71. The molecule has 5 nitrogen and oxygen atoms in total. The molecule has 20 heavy (non-hydrogen) atoms. The Morgan fingerprint density at radius 2 is 2.10 bits per heavy atom. The van der Waals surface area contributed by atoms with E-state index in [1.807, 2.05) is 30.1 Å². The standard InChI is InChI=1S/C15H19N5/c1-20-12-14(11-18-8-4-2-3-7-16)15(19-20)13-5-9-17-10-6-13/h5-6,9-10,12,18H,2-4,8,11H2,1H3. The zero-order chi connectivity index (χ0) is 14.2. The first-order valence-corrected chi connectivity index (χ1v) is 6.82. The summed E-state index contributed by atoms with van der Waals surface area (Å²) in [6.07, 6.45) is 8.22. The Bertz CT molecular complexity index is 568. The number of nitriles is 1. The Kier molecular flexibility index (Phi) is 5.27. The summed E-state index contributed by atoms with van der Waals surface area (Å²) in [4.78, 5) is 4.03. The van der Waals surface area contributed by atoms with Gasteiger partial charge in [0.1, 0.15) is 0 Å². The van der Waals surface area contributed by atoms with Gasteiger partial charge in [-0.3, -0.25) is 9.67 Å². The third-order valence-electron chi connectivity index (χ3n) is 3.07. The predicted molar refractivity (Wildman–Crippen MR) is 77.6 cm³/mol. The molecule has 0 aliphatic rings. The number of unbranched alkanes of at least 4 members (excludes halogenated alkanes) is 2. The number of aryl methyl sites for hydroxylation is 1. The first-order chi connectivity index (χ1) is 9.81. The molecular formula is C15H19N5. The second kappa shape index (κ2) is 7.41. The van der Waals surface area contributed by atoms with Crippen molar-refractivity contribution in [2.24, 2.45) is 7.05 Å². The molecule has 0 radical (unpaired) electrons. The second-order valence-corrected chi connectivity index (χ2v) is 4.70. The van der Waals surface area contributed by atoms with E-state index in [2.05, 4.69) is 21.5 Å². The van der Waals surface area contributed by atoms with Gasteiger partial charge in [0.05, 0.1) is 11.8 Å². The third-order valence-corrected chi connectivity index (χ3v) is 3.07. The zero-order valence-electron chi connectivity index (χ0n) is 11.7. The monoisotopic (exact) mass is 269 g/mol. The summed E-state index contributed by atoms with van der Waals surface area (Å²) < 4.78 is 1.84. The molecule has 0 bridgehead atoms. The highest BCUT2D eigenvalue weighted by Gasteiger charge is 2.09. The van der Waals surface area contributed by atoms with Crippen LogP contribution in [0.25, 0.3) is 11.3 Å². The fraction of sp³-hybridized carbons (Fsp3) is 0.400. The van der Waals surface area contributed by atoms with Crippen molar-refractivity contribution in [1.29, 1.82) is 5.26 Å². The van der Waals surface area contributed by atoms with E-state index >= 15 is 0 Å². The molecule has 1 N–H and O–H groups in total. The van der Waals surface area contributed by atoms with E-state index in [0.29, 0.717) is 6.42 Å². The molecular weight excluding hydrogens is 250 g/mol. The largest absolute Gasteiger partial charge is 0.313 e. The van der Waals surface area contributed by atoms with Gasteiger partial charge < -0.3 is 5.32 Å². The van der Waals surface area contributed by atoms with E-state index < -0.39 is 0 Å². The minimum Gasteiger partial charge on any atom is -0.313 e. The van der Waals surface area contributed by atoms with Crippen molar-refractivity contribution in [2.45, 2.75) is 25.8 Å². The van der Waals surface area contributed by atoms with E-state index in [1.54, 1.807) is 12.4 Å². The van der Waals surface area contributed by atoms with Crippen molar-refractivity contribution < 1.29 is 0 Å². The molecule has 0 saturated carbocycles. The molecule has 2 rings (SSSR count). The van der Waals surface area contributed by atoms with Crippen LogP contribution in [0.4, 0.5) is 0 Å². The van der Waals surface area contributed by atoms with Crippen LogP contribution in [0.3, 0.4) is 0 Å². The number of hydrogen-bond donors (Lipinski definition) is 1. The Labute approximate surface area is 119 Å². The van der Waals surface area contributed by atoms with E-state index in [0.717, 1.165) is 37.2 Å². The van der Waals surface area contributed by atoms with Crippen LogP contribution >= 0.6 is 0 Å². The van der Waals surface area contributed by atoms with Gasteiger partial charge in [0, 0.05) is 49.7 Å². The minimum absolute atomic E-state index is 0.636. The molecule has 0 aromatic carbocycles. The number of nitrogens with zero attached hydrogens (tertiary/aromatic N) is 4. The summed E-state index contributed by atoms with van der Waals surface area (Å²) in [5.41, 5.74) is 3.26. The topological polar surface area (TPSA) is 66.5 Å². The van der Waals surface area contributed by atoms with Crippen molar-refractivity contribution in [2.75, 3.05) is 6.54 Å². The summed E-state index contributed by atoms with van der Waals surface area (Å²) in [7, 11) is 1.93. The van der Waals surface area contributed by atoms with E-state index in [9.17, 15) is 0 Å². The number of hydrogen-bond acceptors (Lipinski definition) is 4. The smallest absolute Gasteiger partial charge is 0.0969 e. The Morgan fingerprint density at radius 1 is 1.30 bits per heavy atom. The fourth-order valence-corrected chi connectivity index (χ4v) is 2.10. The molecule has 0 aliphatic carbocycles. The molecule has 0 unspecified atom stereocenters. The quantitative estimate of drug-likeness (QED) is 0.783. The summed E-state index contributed by atoms with van der Waals surface area (Å²) in [5.74, 6) is 0. The van der Waals surface area contributed by atoms with E-state index in [4.69, 9.17) is 5.26 Å². The SMILES string of the molecule is Cn1cc(CNCCCCC#N)c(-c2ccncc2)n1. The van der Waals surface area contributed by atoms with Crippen LogP contribution in [0.5, 0.6) is 0 Å². The van der Waals surface area contributed by atoms with Gasteiger partial charge in [-0.05, 0) is 31.5 Å². The highest BCUT2D eigenvalue weighted by molar-refractivity contribution is 5.61. The van der Waals surface area contributed by atoms with Crippen LogP contribution in [0.15, 0.2) is 30.7 Å². The average Bonchev–Trinajstić information content (AvgIpc) is 2.85. The lowest BCUT2D eigenvalue weighted by molar-refractivity contribution is 0.628. The van der Waals surface area contributed by atoms with Crippen LogP contribution in [-0.4, -0.2) is 21.3 Å². The highest BCUT2D eigenvalue weighted by Crippen LogP contribution is 2.20. The first kappa shape index (κ1) is 14.2. The van der Waals surface area contributed by atoms with Crippen molar-refractivity contribution in [3.05, 3.63) is 36.3 Å². The number of nitrogens with one attached hydrogen (secondary N) is 1. The van der Waals surface area contributed by atoms with Crippen LogP contribution in [0.1, 0.15) is 24.8 Å². The normalized spacial score (nSPS) is 10.4. The van der Waals surface area contributed by atoms with Gasteiger partial charge in [-0.1, -0.05) is 0 Å². The maximum absolute atomic E-state index is 8.48. The van der Waals surface area contributed by atoms with Crippen molar-refractivity contribution in [3.63, 3.8) is 0 Å². The lowest BCUT2D eigenvalue weighted by atomic mass is 10.1. The molecule has 0 aliphatic heterocycles. The maximum Gasteiger partial charge on any atom is 0.0969 e. The van der Waals surface area contributed by atoms with Crippen LogP contribution in [0, 0.1) is 11.3 Å². The van der Waals surface area contributed by atoms with E-state index in [1.165, 1.54) is 5.56 Å². The first-order valence-electron chi connectivity index (χ1n) is 6.82. The van der Waals surface area contributed by atoms with Crippen molar-refractivity contribution >= 4 is 0 Å². The molecule has 0 spiro atoms. The van der Waals surface area contributed by atoms with E-state index in [-0.39, 0.29) is 0 Å². The molecule has 0 amide bonds. The molecule has 2 heterocycles. The Morgan fingerprint density at radius 3 is 2.85 bits per heavy atom. The van der Waals surface area contributed by atoms with Crippen LogP contribution < -0.4 is 5.32 Å². The van der Waals surface area contributed by atoms with Gasteiger partial charge in [0.2, 0.25) is 0 Å².